The number of nitrogens with zero attached hydrogens (tertiary/aromatic N) is 1. The smallest absolute Gasteiger partial charge is 0.0628 e. The Hall–Kier alpha value is -0.590. The van der Waals surface area contributed by atoms with Crippen LogP contribution in [-0.4, -0.2) is 25.8 Å². The van der Waals surface area contributed by atoms with Crippen molar-refractivity contribution in [1.29, 1.82) is 5.26 Å². The number of ether oxygens (including phenoxy) is 1. The quantitative estimate of drug-likeness (QED) is 0.630. The zero-order valence-electron chi connectivity index (χ0n) is 9.18. The molecule has 1 rings (SSSR count). The van der Waals surface area contributed by atoms with Gasteiger partial charge in [-0.05, 0) is 12.8 Å². The first-order chi connectivity index (χ1) is 6.68. The highest BCUT2D eigenvalue weighted by Gasteiger charge is 2.42. The lowest BCUT2D eigenvalue weighted by atomic mass is 10.1. The van der Waals surface area contributed by atoms with Gasteiger partial charge in [-0.15, -0.1) is 0 Å². The average Bonchev–Trinajstić information content (AvgIpc) is 2.85. The lowest BCUT2D eigenvalue weighted by molar-refractivity contribution is 0.0925. The molecule has 3 heteroatoms. The Kier molecular flexibility index (Phi) is 4.37. The predicted molar refractivity (Wildman–Crippen MR) is 55.9 cm³/mol. The molecule has 0 radical (unpaired) electrons. The second-order valence-electron chi connectivity index (χ2n) is 4.50. The maximum Gasteiger partial charge on any atom is 0.0628 e. The fourth-order valence-electron chi connectivity index (χ4n) is 1.43. The number of hydrogen-bond acceptors (Lipinski definition) is 3. The van der Waals surface area contributed by atoms with Gasteiger partial charge in [-0.3, -0.25) is 0 Å². The van der Waals surface area contributed by atoms with Crippen LogP contribution in [0.15, 0.2) is 0 Å². The van der Waals surface area contributed by atoms with Gasteiger partial charge >= 0.3 is 0 Å². The van der Waals surface area contributed by atoms with Gasteiger partial charge in [0.2, 0.25) is 0 Å². The van der Waals surface area contributed by atoms with E-state index in [2.05, 4.69) is 25.2 Å². The van der Waals surface area contributed by atoms with E-state index in [1.54, 1.807) is 0 Å². The molecule has 0 bridgehead atoms. The topological polar surface area (TPSA) is 45.0 Å². The van der Waals surface area contributed by atoms with Crippen LogP contribution in [0.3, 0.4) is 0 Å². The van der Waals surface area contributed by atoms with Crippen LogP contribution >= 0.6 is 0 Å². The monoisotopic (exact) mass is 196 g/mol. The Morgan fingerprint density at radius 3 is 2.71 bits per heavy atom. The van der Waals surface area contributed by atoms with E-state index in [0.29, 0.717) is 12.5 Å². The van der Waals surface area contributed by atoms with Crippen molar-refractivity contribution in [2.24, 2.45) is 5.41 Å². The van der Waals surface area contributed by atoms with Crippen molar-refractivity contribution in [1.82, 2.24) is 5.32 Å². The summed E-state index contributed by atoms with van der Waals surface area (Å²) in [6.07, 6.45) is 2.99. The highest BCUT2D eigenvalue weighted by atomic mass is 16.5. The molecule has 1 saturated carbocycles. The Labute approximate surface area is 86.4 Å². The molecule has 80 valence electrons. The van der Waals surface area contributed by atoms with Gasteiger partial charge in [-0.2, -0.15) is 5.26 Å². The number of hydrogen-bond donors (Lipinski definition) is 1. The first-order valence-corrected chi connectivity index (χ1v) is 5.37. The lowest BCUT2D eigenvalue weighted by Gasteiger charge is -2.12. The van der Waals surface area contributed by atoms with Crippen molar-refractivity contribution in [3.8, 4) is 6.07 Å². The summed E-state index contributed by atoms with van der Waals surface area (Å²) < 4.78 is 5.55. The van der Waals surface area contributed by atoms with Crippen LogP contribution in [0.1, 0.15) is 33.1 Å². The van der Waals surface area contributed by atoms with Gasteiger partial charge in [-0.1, -0.05) is 13.8 Å². The van der Waals surface area contributed by atoms with E-state index in [4.69, 9.17) is 10.00 Å². The summed E-state index contributed by atoms with van der Waals surface area (Å²) in [5, 5.41) is 11.9. The zero-order chi connectivity index (χ0) is 10.4. The molecular formula is C11H20N2O. The van der Waals surface area contributed by atoms with E-state index >= 15 is 0 Å². The summed E-state index contributed by atoms with van der Waals surface area (Å²) in [6, 6.07) is 2.75. The normalized spacial score (nSPS) is 18.1. The molecule has 1 aliphatic rings. The van der Waals surface area contributed by atoms with Crippen molar-refractivity contribution in [2.75, 3.05) is 19.8 Å². The van der Waals surface area contributed by atoms with Gasteiger partial charge in [-0.25, -0.2) is 0 Å². The maximum absolute atomic E-state index is 8.60. The Morgan fingerprint density at radius 2 is 2.21 bits per heavy atom. The third-order valence-corrected chi connectivity index (χ3v) is 2.62. The Bertz CT molecular complexity index is 204. The van der Waals surface area contributed by atoms with E-state index in [9.17, 15) is 0 Å². The molecule has 0 aromatic rings. The summed E-state index contributed by atoms with van der Waals surface area (Å²) in [6.45, 7) is 6.67. The van der Waals surface area contributed by atoms with Crippen molar-refractivity contribution < 1.29 is 4.74 Å². The van der Waals surface area contributed by atoms with E-state index in [0.717, 1.165) is 32.6 Å². The minimum absolute atomic E-state index is 0.229. The molecule has 0 saturated heterocycles. The summed E-state index contributed by atoms with van der Waals surface area (Å²) >= 11 is 0. The van der Waals surface area contributed by atoms with Crippen molar-refractivity contribution >= 4 is 0 Å². The fraction of sp³-hybridized carbons (Fsp3) is 0.909. The maximum atomic E-state index is 8.60. The van der Waals surface area contributed by atoms with E-state index < -0.39 is 0 Å². The second kappa shape index (κ2) is 5.33. The fourth-order valence-corrected chi connectivity index (χ4v) is 1.43. The molecule has 0 aromatic carbocycles. The predicted octanol–water partition coefficient (Wildman–Crippen LogP) is 1.69. The molecule has 3 nitrogen and oxygen atoms in total. The highest BCUT2D eigenvalue weighted by molar-refractivity contribution is 4.99. The zero-order valence-corrected chi connectivity index (χ0v) is 9.18. The van der Waals surface area contributed by atoms with Crippen LogP contribution in [0.25, 0.3) is 0 Å². The van der Waals surface area contributed by atoms with Gasteiger partial charge in [0.1, 0.15) is 0 Å². The summed E-state index contributed by atoms with van der Waals surface area (Å²) in [5.41, 5.74) is 0.229. The van der Waals surface area contributed by atoms with Gasteiger partial charge in [0.25, 0.3) is 0 Å². The van der Waals surface area contributed by atoms with E-state index in [1.807, 2.05) is 0 Å². The third-order valence-electron chi connectivity index (χ3n) is 2.62. The largest absolute Gasteiger partial charge is 0.380 e. The lowest BCUT2D eigenvalue weighted by Crippen LogP contribution is -2.27. The van der Waals surface area contributed by atoms with Crippen LogP contribution in [0.5, 0.6) is 0 Å². The van der Waals surface area contributed by atoms with Crippen LogP contribution < -0.4 is 5.32 Å². The standard InChI is InChI=1S/C11H20N2O/c1-10(2)13-7-8-14-9-11(3-4-11)5-6-12/h10,13H,3-5,7-9H2,1-2H3. The molecule has 0 atom stereocenters. The number of nitriles is 1. The highest BCUT2D eigenvalue weighted by Crippen LogP contribution is 2.48. The van der Waals surface area contributed by atoms with E-state index in [1.165, 1.54) is 0 Å². The molecule has 0 aliphatic heterocycles. The Morgan fingerprint density at radius 1 is 1.50 bits per heavy atom. The van der Waals surface area contributed by atoms with Crippen molar-refractivity contribution in [3.63, 3.8) is 0 Å². The van der Waals surface area contributed by atoms with Crippen LogP contribution in [-0.2, 0) is 4.74 Å². The third kappa shape index (κ3) is 4.08. The average molecular weight is 196 g/mol. The minimum Gasteiger partial charge on any atom is -0.380 e. The molecule has 0 amide bonds. The molecule has 14 heavy (non-hydrogen) atoms. The molecule has 0 spiro atoms. The van der Waals surface area contributed by atoms with Crippen LogP contribution in [0.2, 0.25) is 0 Å². The molecule has 1 fully saturated rings. The van der Waals surface area contributed by atoms with Crippen molar-refractivity contribution in [3.05, 3.63) is 0 Å². The molecule has 1 aliphatic carbocycles. The van der Waals surface area contributed by atoms with Gasteiger partial charge in [0.15, 0.2) is 0 Å². The first-order valence-electron chi connectivity index (χ1n) is 5.37. The van der Waals surface area contributed by atoms with Gasteiger partial charge in [0, 0.05) is 24.4 Å². The Balaban J connectivity index is 1.97. The SMILES string of the molecule is CC(C)NCCOCC1(CC#N)CC1. The minimum atomic E-state index is 0.229. The molecular weight excluding hydrogens is 176 g/mol. The van der Waals surface area contributed by atoms with Gasteiger partial charge < -0.3 is 10.1 Å². The number of nitrogens with one attached hydrogen (secondary N) is 1. The van der Waals surface area contributed by atoms with Crippen LogP contribution in [0, 0.1) is 16.7 Å². The van der Waals surface area contributed by atoms with Gasteiger partial charge in [0.05, 0.1) is 19.3 Å². The van der Waals surface area contributed by atoms with Crippen LogP contribution in [0.4, 0.5) is 0 Å². The molecule has 0 aromatic heterocycles. The second-order valence-corrected chi connectivity index (χ2v) is 4.50. The van der Waals surface area contributed by atoms with Crippen molar-refractivity contribution in [2.45, 2.75) is 39.2 Å². The summed E-state index contributed by atoms with van der Waals surface area (Å²) in [4.78, 5) is 0. The molecule has 1 N–H and O–H groups in total. The summed E-state index contributed by atoms with van der Waals surface area (Å²) in [5.74, 6) is 0. The first kappa shape index (κ1) is 11.5. The number of rotatable bonds is 7. The summed E-state index contributed by atoms with van der Waals surface area (Å²) in [7, 11) is 0. The molecule has 0 unspecified atom stereocenters. The van der Waals surface area contributed by atoms with E-state index in [-0.39, 0.29) is 5.41 Å². The molecule has 0 heterocycles.